The molecule has 0 aliphatic heterocycles. The van der Waals surface area contributed by atoms with Crippen LogP contribution in [0.1, 0.15) is 17.5 Å². The van der Waals surface area contributed by atoms with Crippen molar-refractivity contribution in [2.45, 2.75) is 24.3 Å². The number of carboxylic acid groups (broad SMARTS) is 1. The second-order valence-electron chi connectivity index (χ2n) is 4.13. The second kappa shape index (κ2) is 6.47. The van der Waals surface area contributed by atoms with Crippen LogP contribution in [-0.4, -0.2) is 37.2 Å². The molecule has 0 saturated heterocycles. The van der Waals surface area contributed by atoms with E-state index < -0.39 is 22.1 Å². The molecular weight excluding hydrogens is 284 g/mol. The average Bonchev–Trinajstić information content (AvgIpc) is 2.37. The van der Waals surface area contributed by atoms with Crippen LogP contribution < -0.4 is 4.72 Å². The largest absolute Gasteiger partial charge is 0.479 e. The molecule has 0 bridgehead atoms. The third kappa shape index (κ3) is 4.03. The maximum Gasteiger partial charge on any atom is 0.332 e. The van der Waals surface area contributed by atoms with E-state index in [9.17, 15) is 13.2 Å². The highest BCUT2D eigenvalue weighted by Crippen LogP contribution is 2.16. The van der Waals surface area contributed by atoms with Crippen LogP contribution in [0.5, 0.6) is 0 Å². The Morgan fingerprint density at radius 2 is 2.15 bits per heavy atom. The number of sulfonamides is 1. The minimum absolute atomic E-state index is 0.0151. The van der Waals surface area contributed by atoms with E-state index in [1.165, 1.54) is 18.2 Å². The molecule has 3 N–H and O–H groups in total. The van der Waals surface area contributed by atoms with Gasteiger partial charge >= 0.3 is 5.97 Å². The second-order valence-corrected chi connectivity index (χ2v) is 5.87. The Balaban J connectivity index is 2.80. The summed E-state index contributed by atoms with van der Waals surface area (Å²) in [5.74, 6) is -1.40. The molecule has 1 aromatic rings. The quantitative estimate of drug-likeness (QED) is 0.677. The first-order chi connectivity index (χ1) is 9.27. The van der Waals surface area contributed by atoms with Crippen molar-refractivity contribution >= 4 is 16.0 Å². The third-order valence-electron chi connectivity index (χ3n) is 2.59. The van der Waals surface area contributed by atoms with Gasteiger partial charge < -0.3 is 10.2 Å². The van der Waals surface area contributed by atoms with Gasteiger partial charge in [-0.15, -0.1) is 0 Å². The van der Waals surface area contributed by atoms with Crippen LogP contribution in [0, 0.1) is 18.3 Å². The highest BCUT2D eigenvalue weighted by molar-refractivity contribution is 7.89. The molecular formula is C12H14N2O5S. The van der Waals surface area contributed by atoms with Crippen molar-refractivity contribution in [3.05, 3.63) is 29.3 Å². The van der Waals surface area contributed by atoms with Gasteiger partial charge in [-0.2, -0.15) is 5.26 Å². The Labute approximate surface area is 116 Å². The number of nitrogens with zero attached hydrogens (tertiary/aromatic N) is 1. The van der Waals surface area contributed by atoms with E-state index in [4.69, 9.17) is 15.5 Å². The summed E-state index contributed by atoms with van der Waals surface area (Å²) in [6.45, 7) is 1.36. The third-order valence-corrected chi connectivity index (χ3v) is 4.21. The highest BCUT2D eigenvalue weighted by Gasteiger charge is 2.18. The first-order valence-electron chi connectivity index (χ1n) is 5.69. The van der Waals surface area contributed by atoms with Crippen molar-refractivity contribution in [1.29, 1.82) is 5.26 Å². The molecule has 8 heteroatoms. The molecule has 0 aliphatic carbocycles. The predicted molar refractivity (Wildman–Crippen MR) is 69.3 cm³/mol. The Kier molecular flexibility index (Phi) is 5.21. The van der Waals surface area contributed by atoms with Gasteiger partial charge in [0.05, 0.1) is 16.5 Å². The number of aliphatic hydroxyl groups excluding tert-OH is 1. The van der Waals surface area contributed by atoms with Crippen molar-refractivity contribution < 1.29 is 23.4 Å². The van der Waals surface area contributed by atoms with Gasteiger partial charge in [-0.3, -0.25) is 0 Å². The van der Waals surface area contributed by atoms with E-state index in [0.717, 1.165) is 0 Å². The number of aliphatic carboxylic acids is 1. The molecule has 108 valence electrons. The maximum atomic E-state index is 12.0. The number of hydrogen-bond acceptors (Lipinski definition) is 5. The number of benzene rings is 1. The van der Waals surface area contributed by atoms with Gasteiger partial charge in [0.25, 0.3) is 0 Å². The Hall–Kier alpha value is -1.95. The van der Waals surface area contributed by atoms with E-state index in [1.807, 2.05) is 6.07 Å². The molecule has 1 aromatic carbocycles. The van der Waals surface area contributed by atoms with Crippen LogP contribution in [0.25, 0.3) is 0 Å². The molecule has 0 amide bonds. The standard InChI is InChI=1S/C12H14N2O5S/c1-8-6-9(7-13)2-3-11(8)20(18,19)14-5-4-10(15)12(16)17/h2-3,6,10,14-15H,4-5H2,1H3,(H,16,17)/t10-/m0/s1. The van der Waals surface area contributed by atoms with Crippen LogP contribution in [0.2, 0.25) is 0 Å². The monoisotopic (exact) mass is 298 g/mol. The summed E-state index contributed by atoms with van der Waals surface area (Å²) in [5.41, 5.74) is 0.762. The fourth-order valence-corrected chi connectivity index (χ4v) is 2.82. The minimum Gasteiger partial charge on any atom is -0.479 e. The zero-order chi connectivity index (χ0) is 15.3. The van der Waals surface area contributed by atoms with Crippen LogP contribution >= 0.6 is 0 Å². The minimum atomic E-state index is -3.80. The summed E-state index contributed by atoms with van der Waals surface area (Å²) in [6.07, 6.45) is -1.84. The molecule has 0 heterocycles. The molecule has 1 rings (SSSR count). The Morgan fingerprint density at radius 3 is 2.65 bits per heavy atom. The zero-order valence-corrected chi connectivity index (χ0v) is 11.5. The van der Waals surface area contributed by atoms with E-state index in [-0.39, 0.29) is 17.9 Å². The number of carboxylic acids is 1. The normalized spacial score (nSPS) is 12.7. The summed E-state index contributed by atoms with van der Waals surface area (Å²) >= 11 is 0. The molecule has 0 fully saturated rings. The van der Waals surface area contributed by atoms with Crippen molar-refractivity contribution in [2.75, 3.05) is 6.54 Å². The van der Waals surface area contributed by atoms with Crippen LogP contribution in [0.15, 0.2) is 23.1 Å². The van der Waals surface area contributed by atoms with Gasteiger partial charge in [-0.1, -0.05) is 0 Å². The molecule has 0 aromatic heterocycles. The number of hydrogen-bond donors (Lipinski definition) is 3. The topological polar surface area (TPSA) is 127 Å². The molecule has 0 unspecified atom stereocenters. The fraction of sp³-hybridized carbons (Fsp3) is 0.333. The van der Waals surface area contributed by atoms with E-state index in [0.29, 0.717) is 11.1 Å². The van der Waals surface area contributed by atoms with E-state index >= 15 is 0 Å². The summed E-state index contributed by atoms with van der Waals surface area (Å²) < 4.78 is 26.2. The molecule has 0 aliphatic rings. The predicted octanol–water partition coefficient (Wildman–Crippen LogP) is -0.0194. The SMILES string of the molecule is Cc1cc(C#N)ccc1S(=O)(=O)NCC[C@H](O)C(=O)O. The van der Waals surface area contributed by atoms with Crippen LogP contribution in [0.3, 0.4) is 0 Å². The average molecular weight is 298 g/mol. The number of nitrogens with one attached hydrogen (secondary N) is 1. The number of rotatable bonds is 6. The Bertz CT molecular complexity index is 648. The van der Waals surface area contributed by atoms with Crippen molar-refractivity contribution in [1.82, 2.24) is 4.72 Å². The first-order valence-corrected chi connectivity index (χ1v) is 7.17. The summed E-state index contributed by atoms with van der Waals surface area (Å²) in [7, 11) is -3.80. The lowest BCUT2D eigenvalue weighted by atomic mass is 10.2. The lowest BCUT2D eigenvalue weighted by molar-refractivity contribution is -0.146. The smallest absolute Gasteiger partial charge is 0.332 e. The summed E-state index contributed by atoms with van der Waals surface area (Å²) in [6, 6.07) is 6.04. The number of aliphatic hydroxyl groups is 1. The molecule has 0 spiro atoms. The maximum absolute atomic E-state index is 12.0. The van der Waals surface area contributed by atoms with E-state index in [1.54, 1.807) is 6.92 Å². The van der Waals surface area contributed by atoms with Crippen molar-refractivity contribution in [3.63, 3.8) is 0 Å². The number of carbonyl (C=O) groups is 1. The Morgan fingerprint density at radius 1 is 1.50 bits per heavy atom. The van der Waals surface area contributed by atoms with Crippen LogP contribution in [-0.2, 0) is 14.8 Å². The van der Waals surface area contributed by atoms with Crippen molar-refractivity contribution in [2.24, 2.45) is 0 Å². The van der Waals surface area contributed by atoms with Gasteiger partial charge in [0, 0.05) is 6.54 Å². The van der Waals surface area contributed by atoms with Gasteiger partial charge in [0.15, 0.2) is 6.10 Å². The van der Waals surface area contributed by atoms with Crippen molar-refractivity contribution in [3.8, 4) is 6.07 Å². The summed E-state index contributed by atoms with van der Waals surface area (Å²) in [5, 5.41) is 26.2. The molecule has 0 saturated carbocycles. The number of nitriles is 1. The van der Waals surface area contributed by atoms with Gasteiger partial charge in [-0.25, -0.2) is 17.9 Å². The molecule has 7 nitrogen and oxygen atoms in total. The molecule has 0 radical (unpaired) electrons. The zero-order valence-electron chi connectivity index (χ0n) is 10.7. The highest BCUT2D eigenvalue weighted by atomic mass is 32.2. The number of aryl methyl sites for hydroxylation is 1. The molecule has 1 atom stereocenters. The van der Waals surface area contributed by atoms with Crippen LogP contribution in [0.4, 0.5) is 0 Å². The fourth-order valence-electron chi connectivity index (χ4n) is 1.55. The lowest BCUT2D eigenvalue weighted by Gasteiger charge is -2.10. The van der Waals surface area contributed by atoms with Gasteiger partial charge in [0.2, 0.25) is 10.0 Å². The van der Waals surface area contributed by atoms with E-state index in [2.05, 4.69) is 4.72 Å². The lowest BCUT2D eigenvalue weighted by Crippen LogP contribution is -2.30. The molecule has 20 heavy (non-hydrogen) atoms. The summed E-state index contributed by atoms with van der Waals surface area (Å²) in [4.78, 5) is 10.4. The van der Waals surface area contributed by atoms with Gasteiger partial charge in [0.1, 0.15) is 0 Å². The van der Waals surface area contributed by atoms with Gasteiger partial charge in [-0.05, 0) is 37.1 Å². The first kappa shape index (κ1) is 16.1.